The van der Waals surface area contributed by atoms with E-state index in [4.69, 9.17) is 16.6 Å². The van der Waals surface area contributed by atoms with Crippen molar-refractivity contribution in [2.24, 2.45) is 0 Å². The van der Waals surface area contributed by atoms with E-state index in [-0.39, 0.29) is 17.9 Å². The Balaban J connectivity index is 2.44. The van der Waals surface area contributed by atoms with Crippen molar-refractivity contribution >= 4 is 17.6 Å². The van der Waals surface area contributed by atoms with Crippen LogP contribution < -0.4 is 0 Å². The van der Waals surface area contributed by atoms with Gasteiger partial charge in [-0.25, -0.2) is 0 Å². The number of hydrogen-bond acceptors (Lipinski definition) is 3. The van der Waals surface area contributed by atoms with E-state index in [1.165, 1.54) is 19.1 Å². The Bertz CT molecular complexity index is 554. The van der Waals surface area contributed by atoms with Crippen LogP contribution in [0, 0.1) is 0 Å². The highest BCUT2D eigenvalue weighted by Crippen LogP contribution is 2.34. The van der Waals surface area contributed by atoms with E-state index in [1.807, 2.05) is 0 Å². The van der Waals surface area contributed by atoms with Gasteiger partial charge in [-0.3, -0.25) is 4.79 Å². The summed E-state index contributed by atoms with van der Waals surface area (Å²) in [4.78, 5) is 17.1. The largest absolute Gasteiger partial charge is 0.417 e. The summed E-state index contributed by atoms with van der Waals surface area (Å²) < 4.78 is 39.4. The second-order valence-electron chi connectivity index (χ2n) is 3.97. The Labute approximate surface area is 112 Å². The van der Waals surface area contributed by atoms with Crippen LogP contribution in [-0.2, 0) is 11.0 Å². The number of Topliss-reactive ketones (excluding diaryl/α,β-unsaturated/α-hetero) is 1. The van der Waals surface area contributed by atoms with Crippen molar-refractivity contribution in [3.63, 3.8) is 0 Å². The van der Waals surface area contributed by atoms with Crippen LogP contribution in [0.4, 0.5) is 13.2 Å². The molecule has 3 nitrogen and oxygen atoms in total. The minimum absolute atomic E-state index is 0.0571. The highest BCUT2D eigenvalue weighted by atomic mass is 35.5. The summed E-state index contributed by atoms with van der Waals surface area (Å²) in [6.45, 7) is 1.42. The van der Waals surface area contributed by atoms with Gasteiger partial charge in [0.2, 0.25) is 0 Å². The summed E-state index contributed by atoms with van der Waals surface area (Å²) in [5, 5.41) is 0. The number of rotatable bonds is 2. The van der Waals surface area contributed by atoms with Gasteiger partial charge in [0.15, 0.2) is 5.78 Å². The molecule has 2 rings (SSSR count). The quantitative estimate of drug-likeness (QED) is 0.616. The van der Waals surface area contributed by atoms with Crippen LogP contribution in [0.2, 0.25) is 0 Å². The Hall–Kier alpha value is -1.53. The lowest BCUT2D eigenvalue weighted by Gasteiger charge is -2.11. The maximum Gasteiger partial charge on any atom is 0.417 e. The van der Waals surface area contributed by atoms with Gasteiger partial charge in [-0.05, 0) is 17.6 Å². The molecule has 1 aliphatic heterocycles. The third kappa shape index (κ3) is 2.74. The van der Waals surface area contributed by atoms with E-state index in [2.05, 4.69) is 0 Å². The van der Waals surface area contributed by atoms with Crippen molar-refractivity contribution in [3.05, 3.63) is 46.7 Å². The standard InChI is InChI=1S/C12H9ClF3NO2/c1-7-9(6-17(13)19-7)11(18)8-4-2-3-5-10(8)12(14,15)16/h2-5H,6H2,1H3. The van der Waals surface area contributed by atoms with Gasteiger partial charge in [0.05, 0.1) is 17.7 Å². The molecule has 7 heteroatoms. The molecule has 0 aromatic heterocycles. The van der Waals surface area contributed by atoms with Gasteiger partial charge < -0.3 is 4.84 Å². The molecule has 0 unspecified atom stereocenters. The molecule has 0 saturated carbocycles. The smallest absolute Gasteiger partial charge is 0.394 e. The number of allylic oxidation sites excluding steroid dienone is 1. The van der Waals surface area contributed by atoms with Gasteiger partial charge in [0.1, 0.15) is 5.76 Å². The molecule has 0 bridgehead atoms. The van der Waals surface area contributed by atoms with Crippen molar-refractivity contribution in [2.75, 3.05) is 6.54 Å². The van der Waals surface area contributed by atoms with E-state index in [1.54, 1.807) is 0 Å². The highest BCUT2D eigenvalue weighted by molar-refractivity contribution is 6.15. The molecule has 1 aliphatic rings. The first kappa shape index (κ1) is 13.9. The summed E-state index contributed by atoms with van der Waals surface area (Å²) in [6.07, 6.45) is -4.58. The van der Waals surface area contributed by atoms with Crippen molar-refractivity contribution < 1.29 is 22.8 Å². The summed E-state index contributed by atoms with van der Waals surface area (Å²) in [6, 6.07) is 4.63. The van der Waals surface area contributed by atoms with Gasteiger partial charge in [-0.15, -0.1) is 0 Å². The molecule has 102 valence electrons. The number of nitrogens with zero attached hydrogens (tertiary/aromatic N) is 1. The lowest BCUT2D eigenvalue weighted by atomic mass is 9.97. The third-order valence-electron chi connectivity index (χ3n) is 2.69. The molecular weight excluding hydrogens is 283 g/mol. The minimum atomic E-state index is -4.58. The van der Waals surface area contributed by atoms with Crippen LogP contribution in [0.3, 0.4) is 0 Å². The number of hydrogen-bond donors (Lipinski definition) is 0. The average molecular weight is 292 g/mol. The first-order valence-corrected chi connectivity index (χ1v) is 5.66. The summed E-state index contributed by atoms with van der Waals surface area (Å²) in [5.74, 6) is -0.523. The van der Waals surface area contributed by atoms with Crippen LogP contribution in [0.1, 0.15) is 22.8 Å². The van der Waals surface area contributed by atoms with E-state index in [0.29, 0.717) is 0 Å². The van der Waals surface area contributed by atoms with Crippen LogP contribution in [0.25, 0.3) is 0 Å². The van der Waals surface area contributed by atoms with Gasteiger partial charge >= 0.3 is 6.18 Å². The molecule has 0 radical (unpaired) electrons. The summed E-state index contributed by atoms with van der Waals surface area (Å²) in [7, 11) is 0. The second-order valence-corrected chi connectivity index (χ2v) is 4.35. The van der Waals surface area contributed by atoms with Crippen molar-refractivity contribution in [2.45, 2.75) is 13.1 Å². The van der Waals surface area contributed by atoms with Crippen LogP contribution in [0.5, 0.6) is 0 Å². The van der Waals surface area contributed by atoms with Gasteiger partial charge in [-0.1, -0.05) is 18.2 Å². The fourth-order valence-electron chi connectivity index (χ4n) is 1.79. The normalized spacial score (nSPS) is 16.7. The average Bonchev–Trinajstić information content (AvgIpc) is 2.66. The number of halogens is 4. The number of hydroxylamine groups is 1. The molecule has 0 atom stereocenters. The van der Waals surface area contributed by atoms with Gasteiger partial charge in [-0.2, -0.15) is 13.2 Å². The van der Waals surface area contributed by atoms with Gasteiger partial charge in [0.25, 0.3) is 0 Å². The van der Waals surface area contributed by atoms with Crippen LogP contribution >= 0.6 is 11.8 Å². The fourth-order valence-corrected chi connectivity index (χ4v) is 2.02. The van der Waals surface area contributed by atoms with Crippen LogP contribution in [-0.4, -0.2) is 16.9 Å². The van der Waals surface area contributed by atoms with E-state index in [0.717, 1.165) is 16.7 Å². The van der Waals surface area contributed by atoms with E-state index >= 15 is 0 Å². The molecule has 1 aromatic rings. The molecule has 0 N–H and O–H groups in total. The molecule has 1 aromatic carbocycles. The zero-order chi connectivity index (χ0) is 14.2. The molecular formula is C12H9ClF3NO2. The van der Waals surface area contributed by atoms with E-state index in [9.17, 15) is 18.0 Å². The number of benzene rings is 1. The first-order chi connectivity index (χ1) is 8.80. The Morgan fingerprint density at radius 2 is 2.00 bits per heavy atom. The molecule has 0 spiro atoms. The molecule has 0 aliphatic carbocycles. The third-order valence-corrected chi connectivity index (χ3v) is 2.88. The van der Waals surface area contributed by atoms with Gasteiger partial charge in [0, 0.05) is 17.3 Å². The summed E-state index contributed by atoms with van der Waals surface area (Å²) in [5.41, 5.74) is -1.25. The first-order valence-electron chi connectivity index (χ1n) is 5.32. The Morgan fingerprint density at radius 3 is 2.53 bits per heavy atom. The van der Waals surface area contributed by atoms with E-state index < -0.39 is 23.1 Å². The number of ketones is 1. The fraction of sp³-hybridized carbons (Fsp3) is 0.250. The predicted octanol–water partition coefficient (Wildman–Crippen LogP) is 3.56. The predicted molar refractivity (Wildman–Crippen MR) is 62.1 cm³/mol. The van der Waals surface area contributed by atoms with Crippen molar-refractivity contribution in [1.82, 2.24) is 4.58 Å². The van der Waals surface area contributed by atoms with Crippen molar-refractivity contribution in [1.29, 1.82) is 0 Å². The molecule has 0 fully saturated rings. The monoisotopic (exact) mass is 291 g/mol. The molecule has 19 heavy (non-hydrogen) atoms. The van der Waals surface area contributed by atoms with Crippen molar-refractivity contribution in [3.8, 4) is 0 Å². The second kappa shape index (κ2) is 4.86. The SMILES string of the molecule is CC1=C(C(=O)c2ccccc2C(F)(F)F)CN(Cl)O1. The molecule has 0 saturated heterocycles. The minimum Gasteiger partial charge on any atom is -0.394 e. The molecule has 1 heterocycles. The lowest BCUT2D eigenvalue weighted by Crippen LogP contribution is -2.16. The number of carbonyl (C=O) groups is 1. The Kier molecular flexibility index (Phi) is 3.56. The maximum absolute atomic E-state index is 12.8. The lowest BCUT2D eigenvalue weighted by molar-refractivity contribution is -0.137. The zero-order valence-electron chi connectivity index (χ0n) is 9.79. The topological polar surface area (TPSA) is 29.5 Å². The number of alkyl halides is 3. The maximum atomic E-state index is 12.8. The highest BCUT2D eigenvalue weighted by Gasteiger charge is 2.37. The summed E-state index contributed by atoms with van der Waals surface area (Å²) >= 11 is 5.56. The van der Waals surface area contributed by atoms with Crippen LogP contribution in [0.15, 0.2) is 35.6 Å². The Morgan fingerprint density at radius 1 is 1.37 bits per heavy atom. The zero-order valence-corrected chi connectivity index (χ0v) is 10.5. The molecule has 0 amide bonds. The number of carbonyl (C=O) groups excluding carboxylic acids is 1.